The molecule has 0 atom stereocenters. The Morgan fingerprint density at radius 3 is 2.58 bits per heavy atom. The van der Waals surface area contributed by atoms with Gasteiger partial charge >= 0.3 is 5.97 Å². The number of anilines is 1. The van der Waals surface area contributed by atoms with Crippen LogP contribution in [-0.4, -0.2) is 18.1 Å². The molecule has 98 valence electrons. The van der Waals surface area contributed by atoms with Crippen molar-refractivity contribution < 1.29 is 14.3 Å². The summed E-state index contributed by atoms with van der Waals surface area (Å²) in [6.45, 7) is 0.394. The van der Waals surface area contributed by atoms with Crippen LogP contribution in [0.5, 0.6) is 5.88 Å². The highest BCUT2D eigenvalue weighted by atomic mass is 16.5. The lowest BCUT2D eigenvalue weighted by Gasteiger charge is -2.07. The second-order valence-electron chi connectivity index (χ2n) is 3.85. The van der Waals surface area contributed by atoms with E-state index in [1.165, 1.54) is 13.2 Å². The number of nitrogen functional groups attached to an aromatic ring is 1. The van der Waals surface area contributed by atoms with Gasteiger partial charge in [-0.25, -0.2) is 4.79 Å². The third kappa shape index (κ3) is 3.22. The van der Waals surface area contributed by atoms with Crippen molar-refractivity contribution in [2.24, 2.45) is 0 Å². The fourth-order valence-electron chi connectivity index (χ4n) is 1.55. The van der Waals surface area contributed by atoms with Crippen molar-refractivity contribution in [3.05, 3.63) is 53.6 Å². The average molecular weight is 258 g/mol. The predicted octanol–water partition coefficient (Wildman–Crippen LogP) is 2.03. The molecule has 5 heteroatoms. The number of carbonyl (C=O) groups excluding carboxylic acids is 1. The monoisotopic (exact) mass is 258 g/mol. The van der Waals surface area contributed by atoms with Gasteiger partial charge in [0.25, 0.3) is 0 Å². The molecule has 0 saturated carbocycles. The lowest BCUT2D eigenvalue weighted by molar-refractivity contribution is 0.0601. The number of hydrogen-bond donors (Lipinski definition) is 1. The number of esters is 1. The average Bonchev–Trinajstić information content (AvgIpc) is 2.45. The van der Waals surface area contributed by atoms with Gasteiger partial charge in [-0.05, 0) is 11.6 Å². The van der Waals surface area contributed by atoms with E-state index in [2.05, 4.69) is 9.72 Å². The van der Waals surface area contributed by atoms with E-state index < -0.39 is 5.97 Å². The van der Waals surface area contributed by atoms with E-state index in [0.29, 0.717) is 12.5 Å². The summed E-state index contributed by atoms with van der Waals surface area (Å²) >= 11 is 0. The first kappa shape index (κ1) is 12.9. The molecule has 0 aliphatic heterocycles. The van der Waals surface area contributed by atoms with Crippen LogP contribution in [0.2, 0.25) is 0 Å². The smallest absolute Gasteiger partial charge is 0.341 e. The molecule has 0 fully saturated rings. The van der Waals surface area contributed by atoms with Crippen LogP contribution in [0.15, 0.2) is 42.5 Å². The lowest BCUT2D eigenvalue weighted by Crippen LogP contribution is -2.08. The Labute approximate surface area is 111 Å². The maximum Gasteiger partial charge on any atom is 0.341 e. The summed E-state index contributed by atoms with van der Waals surface area (Å²) in [7, 11) is 1.29. The molecule has 0 aliphatic carbocycles. The Kier molecular flexibility index (Phi) is 3.97. The minimum atomic E-state index is -0.514. The molecule has 0 bridgehead atoms. The van der Waals surface area contributed by atoms with E-state index in [-0.39, 0.29) is 11.4 Å². The van der Waals surface area contributed by atoms with Crippen LogP contribution in [0.3, 0.4) is 0 Å². The van der Waals surface area contributed by atoms with Crippen molar-refractivity contribution in [1.82, 2.24) is 4.98 Å². The Balaban J connectivity index is 2.06. The van der Waals surface area contributed by atoms with Crippen LogP contribution in [0.1, 0.15) is 15.9 Å². The number of pyridine rings is 1. The Morgan fingerprint density at radius 2 is 1.95 bits per heavy atom. The van der Waals surface area contributed by atoms with Gasteiger partial charge in [0.05, 0.1) is 7.11 Å². The molecular weight excluding hydrogens is 244 g/mol. The lowest BCUT2D eigenvalue weighted by atomic mass is 10.2. The largest absolute Gasteiger partial charge is 0.473 e. The third-order valence-electron chi connectivity index (χ3n) is 2.53. The molecule has 2 rings (SSSR count). The Morgan fingerprint density at radius 1 is 1.21 bits per heavy atom. The van der Waals surface area contributed by atoms with Gasteiger partial charge in [-0.15, -0.1) is 0 Å². The molecule has 0 spiro atoms. The number of ether oxygens (including phenoxy) is 2. The van der Waals surface area contributed by atoms with Gasteiger partial charge in [0, 0.05) is 6.07 Å². The van der Waals surface area contributed by atoms with Crippen molar-refractivity contribution >= 4 is 11.8 Å². The van der Waals surface area contributed by atoms with Crippen LogP contribution in [0.4, 0.5) is 5.82 Å². The topological polar surface area (TPSA) is 74.4 Å². The zero-order chi connectivity index (χ0) is 13.7. The first-order valence-corrected chi connectivity index (χ1v) is 5.72. The van der Waals surface area contributed by atoms with Crippen LogP contribution in [0, 0.1) is 0 Å². The summed E-state index contributed by atoms with van der Waals surface area (Å²) in [6, 6.07) is 12.8. The zero-order valence-corrected chi connectivity index (χ0v) is 10.5. The van der Waals surface area contributed by atoms with Crippen molar-refractivity contribution in [2.45, 2.75) is 6.61 Å². The van der Waals surface area contributed by atoms with Gasteiger partial charge in [-0.3, -0.25) is 0 Å². The van der Waals surface area contributed by atoms with Gasteiger partial charge < -0.3 is 15.2 Å². The fourth-order valence-corrected chi connectivity index (χ4v) is 1.55. The summed E-state index contributed by atoms with van der Waals surface area (Å²) in [5.41, 5.74) is 6.93. The first-order chi connectivity index (χ1) is 9.20. The minimum Gasteiger partial charge on any atom is -0.473 e. The molecule has 19 heavy (non-hydrogen) atoms. The maximum absolute atomic E-state index is 11.3. The van der Waals surface area contributed by atoms with Gasteiger partial charge in [-0.2, -0.15) is 4.98 Å². The standard InChI is InChI=1S/C14H14N2O3/c1-18-14(17)11-7-8-12(16-13(11)15)19-9-10-5-3-2-4-6-10/h2-8H,9H2,1H3,(H2,15,16). The SMILES string of the molecule is COC(=O)c1ccc(OCc2ccccc2)nc1N. The van der Waals surface area contributed by atoms with Crippen molar-refractivity contribution in [3.8, 4) is 5.88 Å². The van der Waals surface area contributed by atoms with Crippen LogP contribution >= 0.6 is 0 Å². The molecule has 1 aromatic carbocycles. The number of rotatable bonds is 4. The van der Waals surface area contributed by atoms with Gasteiger partial charge in [0.1, 0.15) is 18.0 Å². The molecule has 2 aromatic rings. The van der Waals surface area contributed by atoms with Crippen molar-refractivity contribution in [3.63, 3.8) is 0 Å². The quantitative estimate of drug-likeness (QED) is 0.849. The molecule has 2 N–H and O–H groups in total. The number of benzene rings is 1. The van der Waals surface area contributed by atoms with E-state index in [0.717, 1.165) is 5.56 Å². The zero-order valence-electron chi connectivity index (χ0n) is 10.5. The summed E-state index contributed by atoms with van der Waals surface area (Å²) in [6.07, 6.45) is 0. The molecule has 5 nitrogen and oxygen atoms in total. The molecule has 0 amide bonds. The highest BCUT2D eigenvalue weighted by Crippen LogP contribution is 2.16. The molecular formula is C14H14N2O3. The van der Waals surface area contributed by atoms with Gasteiger partial charge in [-0.1, -0.05) is 30.3 Å². The number of aromatic nitrogens is 1. The van der Waals surface area contributed by atoms with Crippen molar-refractivity contribution in [2.75, 3.05) is 12.8 Å². The predicted molar refractivity (Wildman–Crippen MR) is 70.8 cm³/mol. The highest BCUT2D eigenvalue weighted by Gasteiger charge is 2.11. The van der Waals surface area contributed by atoms with Gasteiger partial charge in [0.15, 0.2) is 0 Å². The van der Waals surface area contributed by atoms with E-state index in [1.807, 2.05) is 30.3 Å². The highest BCUT2D eigenvalue weighted by molar-refractivity contribution is 5.94. The number of hydrogen-bond acceptors (Lipinski definition) is 5. The molecule has 0 saturated heterocycles. The van der Waals surface area contributed by atoms with Crippen LogP contribution < -0.4 is 10.5 Å². The van der Waals surface area contributed by atoms with Crippen LogP contribution in [0.25, 0.3) is 0 Å². The number of nitrogens with zero attached hydrogens (tertiary/aromatic N) is 1. The Bertz CT molecular complexity index is 570. The van der Waals surface area contributed by atoms with Crippen molar-refractivity contribution in [1.29, 1.82) is 0 Å². The molecule has 0 radical (unpaired) electrons. The minimum absolute atomic E-state index is 0.0948. The number of carbonyl (C=O) groups is 1. The van der Waals surface area contributed by atoms with E-state index in [9.17, 15) is 4.79 Å². The van der Waals surface area contributed by atoms with Crippen LogP contribution in [-0.2, 0) is 11.3 Å². The number of methoxy groups -OCH3 is 1. The second kappa shape index (κ2) is 5.86. The first-order valence-electron chi connectivity index (χ1n) is 5.72. The molecule has 1 heterocycles. The third-order valence-corrected chi connectivity index (χ3v) is 2.53. The second-order valence-corrected chi connectivity index (χ2v) is 3.85. The summed E-state index contributed by atoms with van der Waals surface area (Å²) in [5.74, 6) is -0.0500. The summed E-state index contributed by atoms with van der Waals surface area (Å²) in [4.78, 5) is 15.4. The molecule has 0 unspecified atom stereocenters. The fraction of sp³-hybridized carbons (Fsp3) is 0.143. The van der Waals surface area contributed by atoms with Gasteiger partial charge in [0.2, 0.25) is 5.88 Å². The van der Waals surface area contributed by atoms with E-state index >= 15 is 0 Å². The Hall–Kier alpha value is -2.56. The van der Waals surface area contributed by atoms with E-state index in [4.69, 9.17) is 10.5 Å². The summed E-state index contributed by atoms with van der Waals surface area (Å²) < 4.78 is 10.1. The number of nitrogens with two attached hydrogens (primary N) is 1. The summed E-state index contributed by atoms with van der Waals surface area (Å²) in [5, 5.41) is 0. The normalized spacial score (nSPS) is 9.95. The molecule has 1 aromatic heterocycles. The van der Waals surface area contributed by atoms with E-state index in [1.54, 1.807) is 6.07 Å². The molecule has 0 aliphatic rings. The maximum atomic E-state index is 11.3.